The monoisotopic (exact) mass is 427 g/mol. The van der Waals surface area contributed by atoms with E-state index < -0.39 is 11.6 Å². The second-order valence-electron chi connectivity index (χ2n) is 10.4. The van der Waals surface area contributed by atoms with E-state index in [9.17, 15) is 14.4 Å². The molecule has 0 unspecified atom stereocenters. The predicted molar refractivity (Wildman–Crippen MR) is 122 cm³/mol. The van der Waals surface area contributed by atoms with Crippen LogP contribution in [-0.4, -0.2) is 41.4 Å². The van der Waals surface area contributed by atoms with Crippen molar-refractivity contribution in [2.45, 2.75) is 84.6 Å². The molecule has 1 spiro atoms. The van der Waals surface area contributed by atoms with Gasteiger partial charge in [-0.3, -0.25) is 14.5 Å². The molecule has 0 radical (unpaired) electrons. The van der Waals surface area contributed by atoms with Crippen LogP contribution in [0.3, 0.4) is 0 Å². The lowest BCUT2D eigenvalue weighted by atomic mass is 9.73. The van der Waals surface area contributed by atoms with Crippen LogP contribution in [0.4, 0.5) is 4.79 Å². The number of benzene rings is 1. The standard InChI is InChI=1S/C25H37N3O3/c1-16-13-19(24(4,5)6)14-17(2)20(16)10-12-26-21(29)15-28-22(30)25(27-23(28)31)11-8-7-9-18(25)3/h13-14,18H,7-12,15H2,1-6H3,(H,26,29)(H,27,31)/t18-,25+/m1/s1. The molecule has 0 aromatic heterocycles. The molecular formula is C25H37N3O3. The van der Waals surface area contributed by atoms with Gasteiger partial charge in [0.05, 0.1) is 0 Å². The van der Waals surface area contributed by atoms with Crippen LogP contribution in [-0.2, 0) is 21.4 Å². The van der Waals surface area contributed by atoms with Crippen LogP contribution in [0, 0.1) is 19.8 Å². The Labute approximate surface area is 186 Å². The van der Waals surface area contributed by atoms with Gasteiger partial charge in [0.2, 0.25) is 5.91 Å². The van der Waals surface area contributed by atoms with Crippen molar-refractivity contribution >= 4 is 17.8 Å². The normalized spacial score (nSPS) is 23.9. The van der Waals surface area contributed by atoms with Gasteiger partial charge >= 0.3 is 6.03 Å². The molecule has 1 heterocycles. The predicted octanol–water partition coefficient (Wildman–Crippen LogP) is 3.76. The van der Waals surface area contributed by atoms with Crippen LogP contribution in [0.25, 0.3) is 0 Å². The maximum absolute atomic E-state index is 13.0. The first-order valence-corrected chi connectivity index (χ1v) is 11.5. The Hall–Kier alpha value is -2.37. The highest BCUT2D eigenvalue weighted by Gasteiger charge is 2.55. The molecule has 1 aromatic carbocycles. The maximum Gasteiger partial charge on any atom is 0.325 e. The third kappa shape index (κ3) is 4.63. The van der Waals surface area contributed by atoms with Crippen LogP contribution >= 0.6 is 0 Å². The average molecular weight is 428 g/mol. The van der Waals surface area contributed by atoms with Crippen molar-refractivity contribution < 1.29 is 14.4 Å². The molecule has 31 heavy (non-hydrogen) atoms. The van der Waals surface area contributed by atoms with Gasteiger partial charge in [0, 0.05) is 6.54 Å². The van der Waals surface area contributed by atoms with E-state index in [1.165, 1.54) is 22.3 Å². The van der Waals surface area contributed by atoms with E-state index in [0.29, 0.717) is 13.0 Å². The van der Waals surface area contributed by atoms with Gasteiger partial charge in [0.1, 0.15) is 12.1 Å². The van der Waals surface area contributed by atoms with E-state index in [1.54, 1.807) is 0 Å². The van der Waals surface area contributed by atoms with Crippen molar-refractivity contribution in [3.8, 4) is 0 Å². The highest BCUT2D eigenvalue weighted by atomic mass is 16.2. The van der Waals surface area contributed by atoms with E-state index in [0.717, 1.165) is 30.6 Å². The summed E-state index contributed by atoms with van der Waals surface area (Å²) < 4.78 is 0. The Kier molecular flexibility index (Phi) is 6.49. The average Bonchev–Trinajstić information content (AvgIpc) is 2.90. The number of hydrogen-bond acceptors (Lipinski definition) is 3. The van der Waals surface area contributed by atoms with Gasteiger partial charge in [-0.2, -0.15) is 0 Å². The van der Waals surface area contributed by atoms with Gasteiger partial charge in [-0.25, -0.2) is 4.79 Å². The second-order valence-corrected chi connectivity index (χ2v) is 10.4. The lowest BCUT2D eigenvalue weighted by molar-refractivity contribution is -0.137. The zero-order valence-corrected chi connectivity index (χ0v) is 19.9. The molecule has 6 nitrogen and oxygen atoms in total. The van der Waals surface area contributed by atoms with Gasteiger partial charge < -0.3 is 10.6 Å². The minimum atomic E-state index is -0.821. The van der Waals surface area contributed by atoms with E-state index in [4.69, 9.17) is 0 Å². The first-order valence-electron chi connectivity index (χ1n) is 11.5. The van der Waals surface area contributed by atoms with E-state index in [-0.39, 0.29) is 29.7 Å². The molecule has 4 amide bonds. The SMILES string of the molecule is Cc1cc(C(C)(C)C)cc(C)c1CCNC(=O)CN1C(=O)N[C@]2(CCCC[C@H]2C)C1=O. The number of amides is 4. The topological polar surface area (TPSA) is 78.5 Å². The summed E-state index contributed by atoms with van der Waals surface area (Å²) in [4.78, 5) is 39.0. The van der Waals surface area contributed by atoms with Gasteiger partial charge in [-0.15, -0.1) is 0 Å². The Morgan fingerprint density at radius 3 is 2.42 bits per heavy atom. The molecule has 170 valence electrons. The maximum atomic E-state index is 13.0. The molecular weight excluding hydrogens is 390 g/mol. The second kappa shape index (κ2) is 8.64. The Bertz CT molecular complexity index is 863. The minimum Gasteiger partial charge on any atom is -0.354 e. The Morgan fingerprint density at radius 2 is 1.84 bits per heavy atom. The van der Waals surface area contributed by atoms with Crippen molar-refractivity contribution in [1.82, 2.24) is 15.5 Å². The van der Waals surface area contributed by atoms with Crippen LogP contribution in [0.1, 0.15) is 75.6 Å². The van der Waals surface area contributed by atoms with Crippen LogP contribution < -0.4 is 10.6 Å². The van der Waals surface area contributed by atoms with Crippen molar-refractivity contribution in [3.63, 3.8) is 0 Å². The lowest BCUT2D eigenvalue weighted by Crippen LogP contribution is -2.54. The number of carbonyl (C=O) groups is 3. The third-order valence-corrected chi connectivity index (χ3v) is 7.06. The third-order valence-electron chi connectivity index (χ3n) is 7.06. The summed E-state index contributed by atoms with van der Waals surface area (Å²) in [7, 11) is 0. The molecule has 1 aromatic rings. The molecule has 6 heteroatoms. The molecule has 1 aliphatic carbocycles. The fourth-order valence-electron chi connectivity index (χ4n) is 4.99. The molecule has 0 bridgehead atoms. The zero-order valence-electron chi connectivity index (χ0n) is 19.9. The molecule has 2 aliphatic rings. The number of carbonyl (C=O) groups excluding carboxylic acids is 3. The summed E-state index contributed by atoms with van der Waals surface area (Å²) in [6.07, 6.45) is 4.28. The van der Waals surface area contributed by atoms with E-state index >= 15 is 0 Å². The number of hydrogen-bond donors (Lipinski definition) is 2. The van der Waals surface area contributed by atoms with Gasteiger partial charge in [0.25, 0.3) is 5.91 Å². The first-order chi connectivity index (χ1) is 14.5. The highest BCUT2D eigenvalue weighted by molar-refractivity contribution is 6.09. The number of nitrogens with one attached hydrogen (secondary N) is 2. The fraction of sp³-hybridized carbons (Fsp3) is 0.640. The largest absolute Gasteiger partial charge is 0.354 e. The molecule has 3 rings (SSSR count). The van der Waals surface area contributed by atoms with Crippen molar-refractivity contribution in [2.75, 3.05) is 13.1 Å². The summed E-state index contributed by atoms with van der Waals surface area (Å²) in [5.41, 5.74) is 4.26. The summed E-state index contributed by atoms with van der Waals surface area (Å²) >= 11 is 0. The number of urea groups is 1. The zero-order chi connectivity index (χ0) is 23.0. The van der Waals surface area contributed by atoms with Crippen LogP contribution in [0.5, 0.6) is 0 Å². The Balaban J connectivity index is 1.58. The number of aryl methyl sites for hydroxylation is 2. The highest BCUT2D eigenvalue weighted by Crippen LogP contribution is 2.38. The molecule has 1 saturated carbocycles. The summed E-state index contributed by atoms with van der Waals surface area (Å²) in [6, 6.07) is 4.00. The molecule has 2 atom stereocenters. The number of nitrogens with zero attached hydrogens (tertiary/aromatic N) is 1. The molecule has 2 N–H and O–H groups in total. The van der Waals surface area contributed by atoms with Crippen molar-refractivity contribution in [2.24, 2.45) is 5.92 Å². The van der Waals surface area contributed by atoms with Crippen molar-refractivity contribution in [1.29, 1.82) is 0 Å². The van der Waals surface area contributed by atoms with Crippen LogP contribution in [0.2, 0.25) is 0 Å². The van der Waals surface area contributed by atoms with Crippen molar-refractivity contribution in [3.05, 3.63) is 34.4 Å². The van der Waals surface area contributed by atoms with Gasteiger partial charge in [0.15, 0.2) is 0 Å². The number of imide groups is 1. The summed E-state index contributed by atoms with van der Waals surface area (Å²) in [5, 5.41) is 5.78. The van der Waals surface area contributed by atoms with E-state index in [2.05, 4.69) is 57.4 Å². The lowest BCUT2D eigenvalue weighted by Gasteiger charge is -2.36. The van der Waals surface area contributed by atoms with Crippen LogP contribution in [0.15, 0.2) is 12.1 Å². The fourth-order valence-corrected chi connectivity index (χ4v) is 4.99. The quantitative estimate of drug-likeness (QED) is 0.703. The van der Waals surface area contributed by atoms with E-state index in [1.807, 2.05) is 6.92 Å². The molecule has 1 aliphatic heterocycles. The Morgan fingerprint density at radius 1 is 1.19 bits per heavy atom. The van der Waals surface area contributed by atoms with Gasteiger partial charge in [-0.1, -0.05) is 52.7 Å². The molecule has 1 saturated heterocycles. The smallest absolute Gasteiger partial charge is 0.325 e. The van der Waals surface area contributed by atoms with Gasteiger partial charge in [-0.05, 0) is 66.7 Å². The molecule has 2 fully saturated rings. The first kappa shape index (κ1) is 23.3. The number of rotatable bonds is 5. The summed E-state index contributed by atoms with van der Waals surface area (Å²) in [5.74, 6) is -0.456. The summed E-state index contributed by atoms with van der Waals surface area (Å²) in [6.45, 7) is 13.1. The minimum absolute atomic E-state index is 0.0905.